The SMILES string of the molecule is C[C@H](CO)N1C[C@H](C)[C@@H](CN(C)C(=O)Nc2ccc(C(F)(F)F)cc2)Oc2ccc(NC(=O)C3CC3)cc2CC1=O. The fourth-order valence-electron chi connectivity index (χ4n) is 4.63. The van der Waals surface area contributed by atoms with Crippen LogP contribution in [0, 0.1) is 11.8 Å². The summed E-state index contributed by atoms with van der Waals surface area (Å²) in [5.41, 5.74) is 0.505. The van der Waals surface area contributed by atoms with Gasteiger partial charge in [0.1, 0.15) is 11.9 Å². The highest BCUT2D eigenvalue weighted by molar-refractivity contribution is 5.94. The van der Waals surface area contributed by atoms with Gasteiger partial charge in [-0.1, -0.05) is 6.92 Å². The Balaban J connectivity index is 1.53. The molecule has 4 amide bonds. The number of anilines is 2. The van der Waals surface area contributed by atoms with Crippen molar-refractivity contribution in [3.8, 4) is 5.75 Å². The van der Waals surface area contributed by atoms with Crippen LogP contribution in [-0.4, -0.2) is 71.6 Å². The van der Waals surface area contributed by atoms with Crippen molar-refractivity contribution in [3.05, 3.63) is 53.6 Å². The quantitative estimate of drug-likeness (QED) is 0.454. The number of aliphatic hydroxyl groups is 1. The normalized spacial score (nSPS) is 20.1. The second-order valence-corrected chi connectivity index (χ2v) is 10.9. The summed E-state index contributed by atoms with van der Waals surface area (Å²) in [4.78, 5) is 41.5. The highest BCUT2D eigenvalue weighted by atomic mass is 19.4. The monoisotopic (exact) mass is 576 g/mol. The third-order valence-electron chi connectivity index (χ3n) is 7.40. The second kappa shape index (κ2) is 12.4. The molecule has 9 nitrogen and oxygen atoms in total. The number of amides is 4. The highest BCUT2D eigenvalue weighted by Gasteiger charge is 2.33. The first-order chi connectivity index (χ1) is 19.3. The summed E-state index contributed by atoms with van der Waals surface area (Å²) in [6.45, 7) is 3.76. The van der Waals surface area contributed by atoms with E-state index in [0.717, 1.165) is 25.0 Å². The van der Waals surface area contributed by atoms with E-state index in [4.69, 9.17) is 4.74 Å². The molecule has 0 radical (unpaired) electrons. The van der Waals surface area contributed by atoms with E-state index in [-0.39, 0.29) is 55.5 Å². The lowest BCUT2D eigenvalue weighted by Crippen LogP contribution is -2.48. The van der Waals surface area contributed by atoms with Gasteiger partial charge in [0.05, 0.1) is 31.2 Å². The molecule has 3 atom stereocenters. The van der Waals surface area contributed by atoms with Gasteiger partial charge in [-0.05, 0) is 62.2 Å². The Morgan fingerprint density at radius 3 is 2.39 bits per heavy atom. The van der Waals surface area contributed by atoms with Gasteiger partial charge in [-0.15, -0.1) is 0 Å². The molecule has 1 fully saturated rings. The molecule has 0 unspecified atom stereocenters. The molecule has 0 bridgehead atoms. The van der Waals surface area contributed by atoms with Gasteiger partial charge < -0.3 is 30.3 Å². The topological polar surface area (TPSA) is 111 Å². The van der Waals surface area contributed by atoms with E-state index in [2.05, 4.69) is 10.6 Å². The number of carbonyl (C=O) groups is 3. The standard InChI is InChI=1S/C29H35F3N4O5/c1-17-14-36(18(2)16-37)26(38)13-20-12-23(33-27(39)19-4-5-19)10-11-24(20)41-25(17)15-35(3)28(40)34-22-8-6-21(7-9-22)29(30,31)32/h6-12,17-19,25,37H,4-5,13-16H2,1-3H3,(H,33,39)(H,34,40)/t17-,18+,25+/m0/s1. The highest BCUT2D eigenvalue weighted by Crippen LogP contribution is 2.33. The first-order valence-electron chi connectivity index (χ1n) is 13.6. The van der Waals surface area contributed by atoms with Gasteiger partial charge in [0.25, 0.3) is 0 Å². The minimum absolute atomic E-state index is 0.00347. The van der Waals surface area contributed by atoms with E-state index in [0.29, 0.717) is 17.0 Å². The predicted octanol–water partition coefficient (Wildman–Crippen LogP) is 4.37. The second-order valence-electron chi connectivity index (χ2n) is 10.9. The maximum atomic E-state index is 13.3. The van der Waals surface area contributed by atoms with Crippen molar-refractivity contribution in [1.82, 2.24) is 9.80 Å². The minimum atomic E-state index is -4.48. The third-order valence-corrected chi connectivity index (χ3v) is 7.40. The number of nitrogens with zero attached hydrogens (tertiary/aromatic N) is 2. The van der Waals surface area contributed by atoms with Crippen LogP contribution in [0.2, 0.25) is 0 Å². The third kappa shape index (κ3) is 7.69. The zero-order chi connectivity index (χ0) is 29.9. The van der Waals surface area contributed by atoms with Crippen molar-refractivity contribution in [3.63, 3.8) is 0 Å². The Morgan fingerprint density at radius 1 is 1.12 bits per heavy atom. The van der Waals surface area contributed by atoms with Crippen LogP contribution in [0.1, 0.15) is 37.8 Å². The average molecular weight is 577 g/mol. The summed E-state index contributed by atoms with van der Waals surface area (Å²) >= 11 is 0. The Labute approximate surface area is 236 Å². The Kier molecular flexibility index (Phi) is 9.11. The molecule has 222 valence electrons. The molecule has 4 rings (SSSR count). The molecular formula is C29H35F3N4O5. The summed E-state index contributed by atoms with van der Waals surface area (Å²) in [5, 5.41) is 15.3. The molecular weight excluding hydrogens is 541 g/mol. The van der Waals surface area contributed by atoms with Crippen molar-refractivity contribution >= 4 is 29.2 Å². The van der Waals surface area contributed by atoms with E-state index >= 15 is 0 Å². The van der Waals surface area contributed by atoms with E-state index in [1.54, 1.807) is 37.1 Å². The number of carbonyl (C=O) groups excluding carboxylic acids is 3. The van der Waals surface area contributed by atoms with E-state index < -0.39 is 29.9 Å². The maximum Gasteiger partial charge on any atom is 0.416 e. The van der Waals surface area contributed by atoms with Crippen LogP contribution >= 0.6 is 0 Å². The number of hydrogen-bond acceptors (Lipinski definition) is 5. The van der Waals surface area contributed by atoms with Gasteiger partial charge in [0.2, 0.25) is 11.8 Å². The van der Waals surface area contributed by atoms with Crippen LogP contribution < -0.4 is 15.4 Å². The number of urea groups is 1. The number of ether oxygens (including phenoxy) is 1. The van der Waals surface area contributed by atoms with Crippen LogP contribution in [-0.2, 0) is 22.2 Å². The van der Waals surface area contributed by atoms with Crippen molar-refractivity contribution in [2.24, 2.45) is 11.8 Å². The zero-order valence-corrected chi connectivity index (χ0v) is 23.2. The van der Waals surface area contributed by atoms with Crippen molar-refractivity contribution in [2.75, 3.05) is 37.4 Å². The molecule has 0 saturated heterocycles. The van der Waals surface area contributed by atoms with Gasteiger partial charge >= 0.3 is 12.2 Å². The molecule has 2 aromatic rings. The molecule has 1 heterocycles. The number of halogens is 3. The molecule has 1 aliphatic heterocycles. The largest absolute Gasteiger partial charge is 0.488 e. The summed E-state index contributed by atoms with van der Waals surface area (Å²) in [7, 11) is 1.54. The lowest BCUT2D eigenvalue weighted by Gasteiger charge is -2.34. The molecule has 2 aliphatic rings. The average Bonchev–Trinajstić information content (AvgIpc) is 3.77. The van der Waals surface area contributed by atoms with E-state index in [1.807, 2.05) is 6.92 Å². The predicted molar refractivity (Wildman–Crippen MR) is 146 cm³/mol. The van der Waals surface area contributed by atoms with E-state index in [1.165, 1.54) is 17.0 Å². The molecule has 3 N–H and O–H groups in total. The smallest absolute Gasteiger partial charge is 0.416 e. The van der Waals surface area contributed by atoms with Crippen molar-refractivity contribution < 1.29 is 37.4 Å². The van der Waals surface area contributed by atoms with Crippen LogP contribution in [0.4, 0.5) is 29.3 Å². The Morgan fingerprint density at radius 2 is 1.78 bits per heavy atom. The van der Waals surface area contributed by atoms with Crippen molar-refractivity contribution in [2.45, 2.75) is 51.4 Å². The molecule has 0 aromatic heterocycles. The number of benzene rings is 2. The van der Waals surface area contributed by atoms with Gasteiger partial charge in [-0.2, -0.15) is 13.2 Å². The van der Waals surface area contributed by atoms with Gasteiger partial charge in [0, 0.05) is 42.4 Å². The number of alkyl halides is 3. The number of rotatable bonds is 7. The van der Waals surface area contributed by atoms with Gasteiger partial charge in [0.15, 0.2) is 0 Å². The summed E-state index contributed by atoms with van der Waals surface area (Å²) in [6.07, 6.45) is -3.36. The Hall–Kier alpha value is -3.80. The molecule has 1 saturated carbocycles. The molecule has 0 spiro atoms. The first-order valence-corrected chi connectivity index (χ1v) is 13.6. The fraction of sp³-hybridized carbons (Fsp3) is 0.483. The number of nitrogens with one attached hydrogen (secondary N) is 2. The number of likely N-dealkylation sites (N-methyl/N-ethyl adjacent to an activating group) is 1. The Bertz CT molecular complexity index is 1270. The zero-order valence-electron chi connectivity index (χ0n) is 23.2. The maximum absolute atomic E-state index is 13.3. The lowest BCUT2D eigenvalue weighted by molar-refractivity contribution is -0.137. The molecule has 1 aliphatic carbocycles. The lowest BCUT2D eigenvalue weighted by atomic mass is 10.0. The van der Waals surface area contributed by atoms with Crippen LogP contribution in [0.25, 0.3) is 0 Å². The van der Waals surface area contributed by atoms with Gasteiger partial charge in [-0.3, -0.25) is 9.59 Å². The fourth-order valence-corrected chi connectivity index (χ4v) is 4.63. The summed E-state index contributed by atoms with van der Waals surface area (Å²) in [5.74, 6) is -0.0939. The number of hydrogen-bond donors (Lipinski definition) is 3. The van der Waals surface area contributed by atoms with Crippen molar-refractivity contribution in [1.29, 1.82) is 0 Å². The first kappa shape index (κ1) is 30.2. The van der Waals surface area contributed by atoms with Crippen LogP contribution in [0.5, 0.6) is 5.75 Å². The number of aliphatic hydroxyl groups excluding tert-OH is 1. The van der Waals surface area contributed by atoms with Crippen LogP contribution in [0.15, 0.2) is 42.5 Å². The molecule has 41 heavy (non-hydrogen) atoms. The molecule has 2 aromatic carbocycles. The van der Waals surface area contributed by atoms with E-state index in [9.17, 15) is 32.7 Å². The van der Waals surface area contributed by atoms with Gasteiger partial charge in [-0.25, -0.2) is 4.79 Å². The molecule has 12 heteroatoms. The van der Waals surface area contributed by atoms with Crippen LogP contribution in [0.3, 0.4) is 0 Å². The summed E-state index contributed by atoms with van der Waals surface area (Å²) < 4.78 is 45.0. The minimum Gasteiger partial charge on any atom is -0.488 e. The number of fused-ring (bicyclic) bond motifs is 1. The summed E-state index contributed by atoms with van der Waals surface area (Å²) in [6, 6.07) is 8.27.